The molecule has 1 saturated carbocycles. The number of benzene rings is 1. The molecule has 1 nitrogen and oxygen atoms in total. The van der Waals surface area contributed by atoms with Crippen LogP contribution in [0.15, 0.2) is 30.3 Å². The van der Waals surface area contributed by atoms with E-state index in [9.17, 15) is 0 Å². The molecule has 0 radical (unpaired) electrons. The summed E-state index contributed by atoms with van der Waals surface area (Å²) >= 11 is 0. The van der Waals surface area contributed by atoms with E-state index < -0.39 is 0 Å². The van der Waals surface area contributed by atoms with Crippen molar-refractivity contribution in [2.75, 3.05) is 6.54 Å². The van der Waals surface area contributed by atoms with Crippen LogP contribution in [0, 0.1) is 17.8 Å². The molecule has 0 bridgehead atoms. The van der Waals surface area contributed by atoms with E-state index in [4.69, 9.17) is 0 Å². The molecule has 1 aromatic rings. The zero-order valence-corrected chi connectivity index (χ0v) is 13.6. The molecule has 0 heterocycles. The summed E-state index contributed by atoms with van der Waals surface area (Å²) in [5.41, 5.74) is 1.48. The van der Waals surface area contributed by atoms with Gasteiger partial charge in [0.15, 0.2) is 0 Å². The third kappa shape index (κ3) is 3.85. The van der Waals surface area contributed by atoms with Crippen molar-refractivity contribution in [1.82, 2.24) is 5.32 Å². The molecule has 0 spiro atoms. The maximum absolute atomic E-state index is 3.88. The molecule has 1 aliphatic rings. The lowest BCUT2D eigenvalue weighted by molar-refractivity contribution is 0.202. The first-order valence-corrected chi connectivity index (χ1v) is 8.38. The smallest absolute Gasteiger partial charge is 0.00954 e. The Balaban J connectivity index is 1.96. The van der Waals surface area contributed by atoms with Crippen LogP contribution in [0.25, 0.3) is 0 Å². The van der Waals surface area contributed by atoms with Crippen LogP contribution < -0.4 is 5.32 Å². The van der Waals surface area contributed by atoms with Gasteiger partial charge in [-0.05, 0) is 35.7 Å². The Labute approximate surface area is 125 Å². The van der Waals surface area contributed by atoms with Gasteiger partial charge in [0.2, 0.25) is 0 Å². The fourth-order valence-corrected chi connectivity index (χ4v) is 3.59. The van der Waals surface area contributed by atoms with Gasteiger partial charge >= 0.3 is 0 Å². The van der Waals surface area contributed by atoms with Gasteiger partial charge in [-0.15, -0.1) is 0 Å². The van der Waals surface area contributed by atoms with Crippen molar-refractivity contribution in [2.24, 2.45) is 17.8 Å². The number of nitrogens with one attached hydrogen (secondary N) is 1. The first kappa shape index (κ1) is 15.6. The van der Waals surface area contributed by atoms with Crippen molar-refractivity contribution in [3.63, 3.8) is 0 Å². The highest BCUT2D eigenvalue weighted by Gasteiger charge is 2.27. The highest BCUT2D eigenvalue weighted by molar-refractivity contribution is 5.20. The summed E-state index contributed by atoms with van der Waals surface area (Å²) in [6.45, 7) is 10.6. The molecule has 0 amide bonds. The van der Waals surface area contributed by atoms with Gasteiger partial charge < -0.3 is 5.32 Å². The van der Waals surface area contributed by atoms with Crippen LogP contribution >= 0.6 is 0 Å². The molecule has 0 aliphatic heterocycles. The average molecular weight is 273 g/mol. The third-order valence-electron chi connectivity index (χ3n) is 5.34. The van der Waals surface area contributed by atoms with E-state index in [0.717, 1.165) is 18.4 Å². The summed E-state index contributed by atoms with van der Waals surface area (Å²) in [6.07, 6.45) is 4.15. The van der Waals surface area contributed by atoms with Crippen molar-refractivity contribution in [3.05, 3.63) is 35.9 Å². The van der Waals surface area contributed by atoms with Crippen LogP contribution in [-0.4, -0.2) is 12.6 Å². The minimum Gasteiger partial charge on any atom is -0.313 e. The van der Waals surface area contributed by atoms with Crippen molar-refractivity contribution < 1.29 is 0 Å². The Kier molecular flexibility index (Phi) is 5.65. The van der Waals surface area contributed by atoms with Gasteiger partial charge in [-0.25, -0.2) is 0 Å². The number of hydrogen-bond donors (Lipinski definition) is 1. The summed E-state index contributed by atoms with van der Waals surface area (Å²) in [7, 11) is 0. The Morgan fingerprint density at radius 2 is 1.80 bits per heavy atom. The predicted octanol–water partition coefficient (Wildman–Crippen LogP) is 4.84. The van der Waals surface area contributed by atoms with E-state index >= 15 is 0 Å². The van der Waals surface area contributed by atoms with Crippen molar-refractivity contribution in [1.29, 1.82) is 0 Å². The van der Waals surface area contributed by atoms with Crippen LogP contribution in [0.4, 0.5) is 0 Å². The first-order chi connectivity index (χ1) is 9.59. The topological polar surface area (TPSA) is 12.0 Å². The maximum Gasteiger partial charge on any atom is 0.00954 e. The van der Waals surface area contributed by atoms with Gasteiger partial charge in [0, 0.05) is 12.6 Å². The maximum atomic E-state index is 3.88. The summed E-state index contributed by atoms with van der Waals surface area (Å²) < 4.78 is 0. The molecule has 2 rings (SSSR count). The molecule has 1 fully saturated rings. The van der Waals surface area contributed by atoms with E-state index in [1.54, 1.807) is 0 Å². The van der Waals surface area contributed by atoms with Gasteiger partial charge in [0.1, 0.15) is 0 Å². The lowest BCUT2D eigenvalue weighted by atomic mass is 9.77. The normalized spacial score (nSPS) is 28.6. The second-order valence-corrected chi connectivity index (χ2v) is 7.04. The number of rotatable bonds is 5. The Bertz CT molecular complexity index is 384. The molecular formula is C19H31N. The molecule has 1 N–H and O–H groups in total. The Morgan fingerprint density at radius 3 is 2.45 bits per heavy atom. The molecule has 112 valence electrons. The monoisotopic (exact) mass is 273 g/mol. The van der Waals surface area contributed by atoms with Gasteiger partial charge in [-0.2, -0.15) is 0 Å². The van der Waals surface area contributed by atoms with Crippen molar-refractivity contribution in [3.8, 4) is 0 Å². The summed E-state index contributed by atoms with van der Waals surface area (Å²) in [5.74, 6) is 2.99. The Hall–Kier alpha value is -0.820. The van der Waals surface area contributed by atoms with E-state index in [-0.39, 0.29) is 0 Å². The van der Waals surface area contributed by atoms with Crippen LogP contribution in [0.5, 0.6) is 0 Å². The molecular weight excluding hydrogens is 242 g/mol. The fourth-order valence-electron chi connectivity index (χ4n) is 3.59. The third-order valence-corrected chi connectivity index (χ3v) is 5.34. The summed E-state index contributed by atoms with van der Waals surface area (Å²) in [6, 6.07) is 11.7. The standard InChI is InChI=1S/C19H31N/c1-14(2)18(17-10-6-5-7-11-17)13-20-19-12-8-9-15(3)16(19)4/h5-7,10-11,14-16,18-20H,8-9,12-13H2,1-4H3. The van der Waals surface area contributed by atoms with Gasteiger partial charge in [0.25, 0.3) is 0 Å². The largest absolute Gasteiger partial charge is 0.313 e. The molecule has 1 aromatic carbocycles. The Morgan fingerprint density at radius 1 is 1.10 bits per heavy atom. The second-order valence-electron chi connectivity index (χ2n) is 7.04. The molecule has 4 atom stereocenters. The predicted molar refractivity (Wildman–Crippen MR) is 88.0 cm³/mol. The van der Waals surface area contributed by atoms with Gasteiger partial charge in [-0.1, -0.05) is 70.9 Å². The van der Waals surface area contributed by atoms with Crippen LogP contribution in [0.1, 0.15) is 58.4 Å². The molecule has 0 aromatic heterocycles. The second kappa shape index (κ2) is 7.26. The number of hydrogen-bond acceptors (Lipinski definition) is 1. The molecule has 20 heavy (non-hydrogen) atoms. The molecule has 0 saturated heterocycles. The summed E-state index contributed by atoms with van der Waals surface area (Å²) in [4.78, 5) is 0. The lowest BCUT2D eigenvalue weighted by Gasteiger charge is -2.36. The molecule has 1 aliphatic carbocycles. The molecule has 1 heteroatoms. The quantitative estimate of drug-likeness (QED) is 0.809. The SMILES string of the molecule is CC(C)C(CNC1CCCC(C)C1C)c1ccccc1. The minimum atomic E-state index is 0.626. The lowest BCUT2D eigenvalue weighted by Crippen LogP contribution is -2.42. The van der Waals surface area contributed by atoms with Crippen LogP contribution in [0.3, 0.4) is 0 Å². The van der Waals surface area contributed by atoms with Crippen molar-refractivity contribution >= 4 is 0 Å². The highest BCUT2D eigenvalue weighted by Crippen LogP contribution is 2.30. The van der Waals surface area contributed by atoms with E-state index in [0.29, 0.717) is 17.9 Å². The minimum absolute atomic E-state index is 0.626. The van der Waals surface area contributed by atoms with Crippen molar-refractivity contribution in [2.45, 2.75) is 58.9 Å². The zero-order valence-electron chi connectivity index (χ0n) is 13.6. The van der Waals surface area contributed by atoms with E-state index in [1.165, 1.54) is 24.8 Å². The van der Waals surface area contributed by atoms with Gasteiger partial charge in [0.05, 0.1) is 0 Å². The van der Waals surface area contributed by atoms with Crippen LogP contribution in [-0.2, 0) is 0 Å². The van der Waals surface area contributed by atoms with E-state index in [1.807, 2.05) is 0 Å². The highest BCUT2D eigenvalue weighted by atomic mass is 14.9. The van der Waals surface area contributed by atoms with Gasteiger partial charge in [-0.3, -0.25) is 0 Å². The fraction of sp³-hybridized carbons (Fsp3) is 0.684. The van der Waals surface area contributed by atoms with Crippen LogP contribution in [0.2, 0.25) is 0 Å². The zero-order chi connectivity index (χ0) is 14.5. The van der Waals surface area contributed by atoms with E-state index in [2.05, 4.69) is 63.3 Å². The molecule has 4 unspecified atom stereocenters. The summed E-state index contributed by atoms with van der Waals surface area (Å²) in [5, 5.41) is 3.88. The average Bonchev–Trinajstić information content (AvgIpc) is 2.44. The first-order valence-electron chi connectivity index (χ1n) is 8.38.